The fourth-order valence-electron chi connectivity index (χ4n) is 1.53. The Kier molecular flexibility index (Phi) is 2.00. The predicted octanol–water partition coefficient (Wildman–Crippen LogP) is 1.86. The summed E-state index contributed by atoms with van der Waals surface area (Å²) in [5.41, 5.74) is 3.44. The summed E-state index contributed by atoms with van der Waals surface area (Å²) in [4.78, 5) is 4.50. The molecule has 0 radical (unpaired) electrons. The minimum Gasteiger partial charge on any atom is -0.285 e. The summed E-state index contributed by atoms with van der Waals surface area (Å²) in [7, 11) is 0. The highest BCUT2D eigenvalue weighted by atomic mass is 15.1. The summed E-state index contributed by atoms with van der Waals surface area (Å²) in [6, 6.07) is 9.59. The lowest BCUT2D eigenvalue weighted by Gasteiger charge is -1.99. The molecule has 0 aliphatic heterocycles. The van der Waals surface area contributed by atoms with E-state index in [1.54, 1.807) is 12.4 Å². The molecule has 16 heavy (non-hydrogen) atoms. The normalized spacial score (nSPS) is 10.5. The molecule has 3 aromatic heterocycles. The summed E-state index contributed by atoms with van der Waals surface area (Å²) in [6.07, 6.45) is 3.48. The molecule has 0 unspecified atom stereocenters. The second-order valence-corrected chi connectivity index (χ2v) is 3.34. The summed E-state index contributed by atoms with van der Waals surface area (Å²) in [5.74, 6) is 0. The van der Waals surface area contributed by atoms with E-state index in [-0.39, 0.29) is 0 Å². The molecular formula is C11H9N5. The predicted molar refractivity (Wildman–Crippen MR) is 59.4 cm³/mol. The van der Waals surface area contributed by atoms with Crippen molar-refractivity contribution in [2.75, 3.05) is 0 Å². The van der Waals surface area contributed by atoms with Crippen molar-refractivity contribution in [3.8, 4) is 22.8 Å². The van der Waals surface area contributed by atoms with Gasteiger partial charge in [-0.05, 0) is 24.3 Å². The van der Waals surface area contributed by atoms with Crippen molar-refractivity contribution in [3.05, 3.63) is 42.7 Å². The molecule has 0 saturated heterocycles. The molecule has 5 nitrogen and oxygen atoms in total. The first-order chi connectivity index (χ1) is 7.93. The molecule has 0 aliphatic carbocycles. The van der Waals surface area contributed by atoms with Gasteiger partial charge < -0.3 is 0 Å². The summed E-state index contributed by atoms with van der Waals surface area (Å²) >= 11 is 0. The zero-order valence-corrected chi connectivity index (χ0v) is 8.38. The number of nitrogens with one attached hydrogen (secondary N) is 2. The monoisotopic (exact) mass is 211 g/mol. The second kappa shape index (κ2) is 3.62. The molecule has 0 saturated carbocycles. The number of H-pyrrole nitrogens is 2. The van der Waals surface area contributed by atoms with E-state index in [0.717, 1.165) is 22.8 Å². The van der Waals surface area contributed by atoms with Crippen LogP contribution < -0.4 is 0 Å². The van der Waals surface area contributed by atoms with Gasteiger partial charge in [-0.1, -0.05) is 6.07 Å². The van der Waals surface area contributed by atoms with Gasteiger partial charge in [-0.2, -0.15) is 10.2 Å². The average molecular weight is 211 g/mol. The Hall–Kier alpha value is -2.43. The largest absolute Gasteiger partial charge is 0.285 e. The lowest BCUT2D eigenvalue weighted by atomic mass is 10.2. The number of nitrogens with zero attached hydrogens (tertiary/aromatic N) is 3. The molecule has 0 aromatic carbocycles. The second-order valence-electron chi connectivity index (χ2n) is 3.34. The molecule has 78 valence electrons. The van der Waals surface area contributed by atoms with Gasteiger partial charge in [0.15, 0.2) is 0 Å². The van der Waals surface area contributed by atoms with Crippen molar-refractivity contribution >= 4 is 0 Å². The van der Waals surface area contributed by atoms with E-state index in [4.69, 9.17) is 0 Å². The highest BCUT2D eigenvalue weighted by Crippen LogP contribution is 2.18. The van der Waals surface area contributed by atoms with Crippen LogP contribution in [0.3, 0.4) is 0 Å². The van der Waals surface area contributed by atoms with Crippen LogP contribution in [0.5, 0.6) is 0 Å². The van der Waals surface area contributed by atoms with Gasteiger partial charge >= 0.3 is 0 Å². The van der Waals surface area contributed by atoms with E-state index in [0.29, 0.717) is 0 Å². The maximum absolute atomic E-state index is 4.50. The maximum atomic E-state index is 4.50. The van der Waals surface area contributed by atoms with Crippen molar-refractivity contribution in [3.63, 3.8) is 0 Å². The quantitative estimate of drug-likeness (QED) is 0.679. The zero-order valence-electron chi connectivity index (χ0n) is 8.38. The van der Waals surface area contributed by atoms with Gasteiger partial charge in [0.05, 0.1) is 17.1 Å². The SMILES string of the molecule is c1cc(-c2cc[nH]n2)nc(-c2ccn[nH]2)c1. The first kappa shape index (κ1) is 8.84. The van der Waals surface area contributed by atoms with Crippen molar-refractivity contribution in [2.24, 2.45) is 0 Å². The third-order valence-corrected chi connectivity index (χ3v) is 2.29. The molecule has 0 fully saturated rings. The van der Waals surface area contributed by atoms with Gasteiger partial charge in [0, 0.05) is 12.4 Å². The van der Waals surface area contributed by atoms with Crippen LogP contribution >= 0.6 is 0 Å². The van der Waals surface area contributed by atoms with E-state index in [2.05, 4.69) is 25.4 Å². The Labute approximate surface area is 91.6 Å². The zero-order chi connectivity index (χ0) is 10.8. The van der Waals surface area contributed by atoms with Crippen molar-refractivity contribution in [1.29, 1.82) is 0 Å². The highest BCUT2D eigenvalue weighted by Gasteiger charge is 2.04. The van der Waals surface area contributed by atoms with Crippen LogP contribution in [-0.2, 0) is 0 Å². The van der Waals surface area contributed by atoms with E-state index in [1.165, 1.54) is 0 Å². The van der Waals surface area contributed by atoms with E-state index in [9.17, 15) is 0 Å². The minimum absolute atomic E-state index is 0.835. The fraction of sp³-hybridized carbons (Fsp3) is 0. The number of hydrogen-bond acceptors (Lipinski definition) is 3. The summed E-state index contributed by atoms with van der Waals surface area (Å²) < 4.78 is 0. The molecule has 0 aliphatic rings. The van der Waals surface area contributed by atoms with Gasteiger partial charge in [0.25, 0.3) is 0 Å². The Morgan fingerprint density at radius 3 is 2.62 bits per heavy atom. The van der Waals surface area contributed by atoms with Crippen molar-refractivity contribution < 1.29 is 0 Å². The fourth-order valence-corrected chi connectivity index (χ4v) is 1.53. The molecule has 0 spiro atoms. The third-order valence-electron chi connectivity index (χ3n) is 2.29. The highest BCUT2D eigenvalue weighted by molar-refractivity contribution is 5.60. The van der Waals surface area contributed by atoms with Gasteiger partial charge in [-0.15, -0.1) is 0 Å². The number of pyridine rings is 1. The standard InChI is InChI=1S/C11H9N5/c1-2-8(10-4-6-12-15-10)14-9(3-1)11-5-7-13-16-11/h1-7H,(H,12,15)(H,13,16). The van der Waals surface area contributed by atoms with Crippen LogP contribution in [0.1, 0.15) is 0 Å². The maximum Gasteiger partial charge on any atom is 0.110 e. The number of aromatic amines is 2. The minimum atomic E-state index is 0.835. The van der Waals surface area contributed by atoms with Crippen molar-refractivity contribution in [1.82, 2.24) is 25.4 Å². The lowest BCUT2D eigenvalue weighted by Crippen LogP contribution is -1.88. The Morgan fingerprint density at radius 1 is 0.938 bits per heavy atom. The smallest absolute Gasteiger partial charge is 0.110 e. The topological polar surface area (TPSA) is 70.2 Å². The van der Waals surface area contributed by atoms with E-state index >= 15 is 0 Å². The first-order valence-electron chi connectivity index (χ1n) is 4.90. The summed E-state index contributed by atoms with van der Waals surface area (Å²) in [6.45, 7) is 0. The van der Waals surface area contributed by atoms with Gasteiger partial charge in [-0.3, -0.25) is 10.2 Å². The molecule has 3 rings (SSSR count). The Balaban J connectivity index is 2.07. The average Bonchev–Trinajstić information content (AvgIpc) is 3.03. The summed E-state index contributed by atoms with van der Waals surface area (Å²) in [5, 5.41) is 13.7. The van der Waals surface area contributed by atoms with Gasteiger partial charge in [-0.25, -0.2) is 4.98 Å². The van der Waals surface area contributed by atoms with Crippen LogP contribution in [0.15, 0.2) is 42.7 Å². The van der Waals surface area contributed by atoms with Crippen LogP contribution in [-0.4, -0.2) is 25.4 Å². The Morgan fingerprint density at radius 2 is 1.88 bits per heavy atom. The van der Waals surface area contributed by atoms with Crippen LogP contribution in [0.4, 0.5) is 0 Å². The van der Waals surface area contributed by atoms with Crippen LogP contribution in [0.2, 0.25) is 0 Å². The number of aromatic nitrogens is 5. The molecular weight excluding hydrogens is 202 g/mol. The first-order valence-corrected chi connectivity index (χ1v) is 4.90. The number of hydrogen-bond donors (Lipinski definition) is 2. The van der Waals surface area contributed by atoms with Crippen LogP contribution in [0, 0.1) is 0 Å². The molecule has 2 N–H and O–H groups in total. The molecule has 3 aromatic rings. The molecule has 0 amide bonds. The molecule has 5 heteroatoms. The third kappa shape index (κ3) is 1.48. The van der Waals surface area contributed by atoms with E-state index in [1.807, 2.05) is 30.3 Å². The van der Waals surface area contributed by atoms with Gasteiger partial charge in [0.1, 0.15) is 5.69 Å². The molecule has 0 bridgehead atoms. The lowest BCUT2D eigenvalue weighted by molar-refractivity contribution is 1.07. The van der Waals surface area contributed by atoms with Gasteiger partial charge in [0.2, 0.25) is 0 Å². The van der Waals surface area contributed by atoms with E-state index < -0.39 is 0 Å². The van der Waals surface area contributed by atoms with Crippen molar-refractivity contribution in [2.45, 2.75) is 0 Å². The molecule has 0 atom stereocenters. The Bertz CT molecular complexity index is 519. The molecule has 3 heterocycles. The number of rotatable bonds is 2. The van der Waals surface area contributed by atoms with Crippen LogP contribution in [0.25, 0.3) is 22.8 Å².